The number of rotatable bonds is 9. The fourth-order valence-corrected chi connectivity index (χ4v) is 9.96. The van der Waals surface area contributed by atoms with Gasteiger partial charge in [0.2, 0.25) is 11.8 Å². The second-order valence-electron chi connectivity index (χ2n) is 13.6. The first kappa shape index (κ1) is 36.8. The smallest absolute Gasteiger partial charge is 0.249 e. The van der Waals surface area contributed by atoms with E-state index in [9.17, 15) is 14.4 Å². The predicted molar refractivity (Wildman–Crippen MR) is 211 cm³/mol. The van der Waals surface area contributed by atoms with Gasteiger partial charge in [0, 0.05) is 24.0 Å². The maximum Gasteiger partial charge on any atom is 0.249 e. The first-order chi connectivity index (χ1) is 24.7. The summed E-state index contributed by atoms with van der Waals surface area (Å²) in [6, 6.07) is 31.2. The lowest BCUT2D eigenvalue weighted by Gasteiger charge is -2.35. The monoisotopic (exact) mass is 736 g/mol. The van der Waals surface area contributed by atoms with Gasteiger partial charge in [0.1, 0.15) is 21.3 Å². The van der Waals surface area contributed by atoms with Gasteiger partial charge in [0.05, 0.1) is 17.3 Å². The molecule has 2 aliphatic rings. The van der Waals surface area contributed by atoms with Crippen molar-refractivity contribution < 1.29 is 14.4 Å². The van der Waals surface area contributed by atoms with Gasteiger partial charge in [0.15, 0.2) is 5.78 Å². The first-order valence-corrected chi connectivity index (χ1v) is 20.3. The molecular formula is C41H44N4O3S3. The number of nitrogens with zero attached hydrogens (tertiary/aromatic N) is 2. The van der Waals surface area contributed by atoms with E-state index in [0.717, 1.165) is 17.2 Å². The van der Waals surface area contributed by atoms with E-state index in [1.54, 1.807) is 0 Å². The van der Waals surface area contributed by atoms with E-state index in [-0.39, 0.29) is 42.3 Å². The number of aromatic nitrogens is 1. The molecule has 4 aromatic rings. The highest BCUT2D eigenvalue weighted by Crippen LogP contribution is 2.48. The second kappa shape index (κ2) is 16.6. The van der Waals surface area contributed by atoms with Crippen molar-refractivity contribution in [1.82, 2.24) is 15.6 Å². The van der Waals surface area contributed by atoms with E-state index in [0.29, 0.717) is 23.0 Å². The summed E-state index contributed by atoms with van der Waals surface area (Å²) in [5.74, 6) is 0.333. The van der Waals surface area contributed by atoms with Crippen LogP contribution in [0.3, 0.4) is 0 Å². The third kappa shape index (κ3) is 8.56. The van der Waals surface area contributed by atoms with Crippen LogP contribution in [0, 0.1) is 11.8 Å². The Balaban J connectivity index is 1.23. The quantitative estimate of drug-likeness (QED) is 0.103. The number of hydrogen-bond donors (Lipinski definition) is 2. The molecule has 0 unspecified atom stereocenters. The van der Waals surface area contributed by atoms with Crippen molar-refractivity contribution in [3.63, 3.8) is 0 Å². The average molecular weight is 737 g/mol. The van der Waals surface area contributed by atoms with Crippen LogP contribution in [0.15, 0.2) is 114 Å². The lowest BCUT2D eigenvalue weighted by molar-refractivity contribution is -0.131. The third-order valence-electron chi connectivity index (χ3n) is 9.30. The van der Waals surface area contributed by atoms with Crippen LogP contribution in [-0.2, 0) is 25.7 Å². The zero-order valence-corrected chi connectivity index (χ0v) is 31.7. The molecule has 51 heavy (non-hydrogen) atoms. The second-order valence-corrected chi connectivity index (χ2v) is 16.8. The number of benzene rings is 3. The van der Waals surface area contributed by atoms with E-state index in [1.165, 1.54) is 39.8 Å². The standard InChI is InChI=1S/C41H44N4O3S3/c1-28(2)37-34(46)23-29(24-35(47)42-25-36-43-33(26-49-36)38-45-40(3,27-50-38)39(48)44-37)15-13-14-22-51-41(30-16-7-4-8-17-30,31-18-9-5-10-19-31)32-20-11-6-12-21-32/h4-13,15-21,26,28-29,37H,14,22-25,27H2,1-3H3,(H,42,47)(H,44,48)/b15-13+/t29-,37-,40-/m0/s1. The summed E-state index contributed by atoms with van der Waals surface area (Å²) in [6.45, 7) is 5.99. The lowest BCUT2D eigenvalue weighted by atomic mass is 9.84. The van der Waals surface area contributed by atoms with Crippen molar-refractivity contribution in [2.45, 2.75) is 62.9 Å². The van der Waals surface area contributed by atoms with Crippen LogP contribution in [0.2, 0.25) is 0 Å². The molecule has 3 heterocycles. The Morgan fingerprint density at radius 1 is 0.922 bits per heavy atom. The number of hydrogen-bond acceptors (Lipinski definition) is 8. The van der Waals surface area contributed by atoms with Gasteiger partial charge in [-0.3, -0.25) is 19.4 Å². The lowest BCUT2D eigenvalue weighted by Crippen LogP contribution is -2.52. The van der Waals surface area contributed by atoms with Gasteiger partial charge in [-0.25, -0.2) is 4.98 Å². The van der Waals surface area contributed by atoms with Gasteiger partial charge in [-0.05, 0) is 47.6 Å². The molecule has 10 heteroatoms. The molecule has 0 saturated heterocycles. The molecule has 2 aliphatic heterocycles. The molecule has 4 bridgehead atoms. The van der Waals surface area contributed by atoms with Gasteiger partial charge in [0.25, 0.3) is 0 Å². The van der Waals surface area contributed by atoms with Crippen molar-refractivity contribution in [2.24, 2.45) is 16.8 Å². The normalized spacial score (nSPS) is 21.8. The van der Waals surface area contributed by atoms with Crippen LogP contribution in [0.5, 0.6) is 0 Å². The van der Waals surface area contributed by atoms with E-state index in [2.05, 4.69) is 94.5 Å². The summed E-state index contributed by atoms with van der Waals surface area (Å²) < 4.78 is -0.424. The fourth-order valence-electron chi connectivity index (χ4n) is 6.57. The van der Waals surface area contributed by atoms with Gasteiger partial charge in [-0.2, -0.15) is 0 Å². The average Bonchev–Trinajstić information content (AvgIpc) is 3.79. The molecule has 7 nitrogen and oxygen atoms in total. The topological polar surface area (TPSA) is 101 Å². The molecule has 264 valence electrons. The number of carbonyl (C=O) groups is 3. The minimum atomic E-state index is -0.992. The van der Waals surface area contributed by atoms with E-state index < -0.39 is 16.3 Å². The zero-order chi connectivity index (χ0) is 35.8. The number of allylic oxidation sites excluding steroid dienone is 2. The minimum Gasteiger partial charge on any atom is -0.350 e. The molecular weight excluding hydrogens is 693 g/mol. The Morgan fingerprint density at radius 3 is 2.12 bits per heavy atom. The number of ketones is 1. The number of aliphatic imine (C=N–C) groups is 1. The van der Waals surface area contributed by atoms with Crippen molar-refractivity contribution >= 4 is 57.5 Å². The molecule has 6 rings (SSSR count). The molecule has 0 saturated carbocycles. The summed E-state index contributed by atoms with van der Waals surface area (Å²) in [6.07, 6.45) is 5.17. The molecule has 0 radical (unpaired) electrons. The van der Waals surface area contributed by atoms with Gasteiger partial charge < -0.3 is 10.6 Å². The maximum atomic E-state index is 13.9. The third-order valence-corrected chi connectivity index (χ3v) is 13.0. The number of thioether (sulfide) groups is 2. The molecule has 3 aromatic carbocycles. The van der Waals surface area contributed by atoms with Gasteiger partial charge >= 0.3 is 0 Å². The summed E-state index contributed by atoms with van der Waals surface area (Å²) in [5.41, 5.74) is 3.34. The number of thiazole rings is 1. The van der Waals surface area contributed by atoms with E-state index in [1.807, 2.05) is 62.2 Å². The van der Waals surface area contributed by atoms with Crippen molar-refractivity contribution in [3.8, 4) is 0 Å². The first-order valence-electron chi connectivity index (χ1n) is 17.4. The Kier molecular flexibility index (Phi) is 12.0. The number of fused-ring (bicyclic) bond motifs is 4. The highest BCUT2D eigenvalue weighted by molar-refractivity contribution is 8.14. The summed E-state index contributed by atoms with van der Waals surface area (Å²) in [7, 11) is 0. The largest absolute Gasteiger partial charge is 0.350 e. The van der Waals surface area contributed by atoms with E-state index in [4.69, 9.17) is 4.99 Å². The van der Waals surface area contributed by atoms with Crippen LogP contribution >= 0.6 is 34.9 Å². The van der Waals surface area contributed by atoms with Crippen molar-refractivity contribution in [2.75, 3.05) is 11.5 Å². The Bertz CT molecular complexity index is 1780. The SMILES string of the molecule is CC(C)[C@@H]1NC(=O)[C@]2(C)CSC(=N2)c2csc(n2)CNC(=O)C[C@@H](/C=C/CCSC(c2ccccc2)(c2ccccc2)c2ccccc2)CC1=O. The summed E-state index contributed by atoms with van der Waals surface area (Å²) in [5, 5.41) is 9.44. The van der Waals surface area contributed by atoms with Crippen LogP contribution in [0.25, 0.3) is 0 Å². The van der Waals surface area contributed by atoms with Gasteiger partial charge in [-0.15, -0.1) is 34.9 Å². The Morgan fingerprint density at radius 2 is 1.53 bits per heavy atom. The number of Topliss-reactive ketones (excluding diaryl/α,β-unsaturated/α-hetero) is 1. The maximum absolute atomic E-state index is 13.9. The summed E-state index contributed by atoms with van der Waals surface area (Å²) >= 11 is 4.83. The number of nitrogens with one attached hydrogen (secondary N) is 2. The molecule has 3 atom stereocenters. The molecule has 0 aliphatic carbocycles. The van der Waals surface area contributed by atoms with E-state index >= 15 is 0 Å². The number of carbonyl (C=O) groups excluding carboxylic acids is 3. The van der Waals surface area contributed by atoms with Crippen LogP contribution in [0.4, 0.5) is 0 Å². The number of amides is 2. The molecule has 0 fully saturated rings. The molecule has 0 spiro atoms. The predicted octanol–water partition coefficient (Wildman–Crippen LogP) is 7.80. The highest BCUT2D eigenvalue weighted by atomic mass is 32.2. The minimum absolute atomic E-state index is 0.0836. The van der Waals surface area contributed by atoms with Gasteiger partial charge in [-0.1, -0.05) is 117 Å². The molecule has 1 aromatic heterocycles. The van der Waals surface area contributed by atoms with Crippen molar-refractivity contribution in [1.29, 1.82) is 0 Å². The summed E-state index contributed by atoms with van der Waals surface area (Å²) in [4.78, 5) is 50.2. The van der Waals surface area contributed by atoms with Crippen LogP contribution in [-0.4, -0.2) is 50.7 Å². The Labute approximate surface area is 313 Å². The van der Waals surface area contributed by atoms with Crippen molar-refractivity contribution in [3.05, 3.63) is 136 Å². The van der Waals surface area contributed by atoms with Crippen LogP contribution < -0.4 is 10.6 Å². The molecule has 2 amide bonds. The molecule has 2 N–H and O–H groups in total. The zero-order valence-electron chi connectivity index (χ0n) is 29.2. The van der Waals surface area contributed by atoms with Crippen LogP contribution in [0.1, 0.15) is 67.4 Å². The highest BCUT2D eigenvalue weighted by Gasteiger charge is 2.41. The fraction of sp³-hybridized carbons (Fsp3) is 0.341. The Hall–Kier alpha value is -3.99.